The minimum absolute atomic E-state index is 0.0106. The Hall–Kier alpha value is -2.53. The third kappa shape index (κ3) is 4.55. The van der Waals surface area contributed by atoms with Crippen LogP contribution in [0, 0.1) is 3.57 Å². The van der Waals surface area contributed by atoms with Crippen molar-refractivity contribution in [1.82, 2.24) is 9.97 Å². The summed E-state index contributed by atoms with van der Waals surface area (Å²) in [5.74, 6) is -0.281. The number of anilines is 2. The molecule has 0 radical (unpaired) electrons. The average molecular weight is 480 g/mol. The quantitative estimate of drug-likeness (QED) is 0.547. The molecule has 1 aromatic heterocycles. The zero-order chi connectivity index (χ0) is 18.6. The monoisotopic (exact) mass is 480 g/mol. The number of rotatable bonds is 5. The summed E-state index contributed by atoms with van der Waals surface area (Å²) in [6, 6.07) is 14.5. The van der Waals surface area contributed by atoms with Gasteiger partial charge in [0, 0.05) is 27.2 Å². The van der Waals surface area contributed by atoms with Crippen LogP contribution in [0.15, 0.2) is 71.9 Å². The van der Waals surface area contributed by atoms with E-state index in [4.69, 9.17) is 0 Å². The van der Waals surface area contributed by atoms with Crippen LogP contribution in [-0.2, 0) is 10.0 Å². The number of carbonyl (C=O) groups is 1. The van der Waals surface area contributed by atoms with Crippen molar-refractivity contribution in [1.29, 1.82) is 0 Å². The lowest BCUT2D eigenvalue weighted by Crippen LogP contribution is -2.15. The average Bonchev–Trinajstić information content (AvgIpc) is 2.63. The molecule has 0 saturated carbocycles. The van der Waals surface area contributed by atoms with E-state index in [2.05, 4.69) is 42.6 Å². The molecule has 3 rings (SSSR count). The van der Waals surface area contributed by atoms with E-state index >= 15 is 0 Å². The van der Waals surface area contributed by atoms with E-state index in [0.717, 1.165) is 3.57 Å². The van der Waals surface area contributed by atoms with E-state index in [0.29, 0.717) is 11.3 Å². The molecule has 0 aliphatic carbocycles. The summed E-state index contributed by atoms with van der Waals surface area (Å²) in [6.07, 6.45) is 2.88. The van der Waals surface area contributed by atoms with Gasteiger partial charge >= 0.3 is 0 Å². The Labute approximate surface area is 164 Å². The van der Waals surface area contributed by atoms with Crippen LogP contribution < -0.4 is 10.0 Å². The van der Waals surface area contributed by atoms with Gasteiger partial charge in [0.05, 0.1) is 4.90 Å². The summed E-state index contributed by atoms with van der Waals surface area (Å²) < 4.78 is 27.9. The highest BCUT2D eigenvalue weighted by Crippen LogP contribution is 2.17. The second kappa shape index (κ2) is 7.79. The van der Waals surface area contributed by atoms with Crippen LogP contribution in [0.25, 0.3) is 0 Å². The van der Waals surface area contributed by atoms with Crippen molar-refractivity contribution in [3.8, 4) is 0 Å². The first-order valence-corrected chi connectivity index (χ1v) is 9.97. The molecule has 3 aromatic rings. The van der Waals surface area contributed by atoms with Crippen LogP contribution in [0.4, 0.5) is 11.6 Å². The lowest BCUT2D eigenvalue weighted by molar-refractivity contribution is 0.102. The predicted molar refractivity (Wildman–Crippen MR) is 106 cm³/mol. The van der Waals surface area contributed by atoms with Crippen LogP contribution in [0.5, 0.6) is 0 Å². The third-order valence-corrected chi connectivity index (χ3v) is 5.38. The van der Waals surface area contributed by atoms with Gasteiger partial charge in [0.25, 0.3) is 15.9 Å². The molecule has 0 saturated heterocycles. The van der Waals surface area contributed by atoms with Crippen LogP contribution >= 0.6 is 22.6 Å². The minimum atomic E-state index is -3.80. The highest BCUT2D eigenvalue weighted by Gasteiger charge is 2.15. The second-order valence-electron chi connectivity index (χ2n) is 5.16. The molecule has 0 unspecified atom stereocenters. The molecule has 2 aromatic carbocycles. The maximum absolute atomic E-state index is 12.3. The number of hydrogen-bond acceptors (Lipinski definition) is 5. The largest absolute Gasteiger partial charge is 0.322 e. The van der Waals surface area contributed by atoms with E-state index in [1.54, 1.807) is 18.2 Å². The molecule has 0 aliphatic rings. The number of nitrogens with zero attached hydrogens (tertiary/aromatic N) is 2. The van der Waals surface area contributed by atoms with Gasteiger partial charge in [-0.25, -0.2) is 23.1 Å². The van der Waals surface area contributed by atoms with Gasteiger partial charge in [-0.2, -0.15) is 0 Å². The number of amides is 1. The van der Waals surface area contributed by atoms with Gasteiger partial charge in [0.2, 0.25) is 5.95 Å². The van der Waals surface area contributed by atoms with Gasteiger partial charge in [-0.1, -0.05) is 0 Å². The maximum Gasteiger partial charge on any atom is 0.264 e. The highest BCUT2D eigenvalue weighted by atomic mass is 127. The second-order valence-corrected chi connectivity index (χ2v) is 8.09. The summed E-state index contributed by atoms with van der Waals surface area (Å²) in [5, 5.41) is 2.72. The molecule has 0 fully saturated rings. The van der Waals surface area contributed by atoms with Gasteiger partial charge in [0.15, 0.2) is 0 Å². The van der Waals surface area contributed by atoms with Gasteiger partial charge in [0.1, 0.15) is 0 Å². The Balaban J connectivity index is 1.71. The van der Waals surface area contributed by atoms with Crippen molar-refractivity contribution in [3.63, 3.8) is 0 Å². The number of carbonyl (C=O) groups excluding carboxylic acids is 1. The Bertz CT molecular complexity index is 1010. The Kier molecular flexibility index (Phi) is 5.47. The first kappa shape index (κ1) is 18.3. The molecule has 2 N–H and O–H groups in total. The fourth-order valence-electron chi connectivity index (χ4n) is 2.05. The number of aromatic nitrogens is 2. The number of nitrogens with one attached hydrogen (secondary N) is 2. The first-order chi connectivity index (χ1) is 12.4. The normalized spacial score (nSPS) is 11.0. The molecule has 0 aliphatic heterocycles. The lowest BCUT2D eigenvalue weighted by atomic mass is 10.2. The molecule has 1 heterocycles. The zero-order valence-corrected chi connectivity index (χ0v) is 16.2. The van der Waals surface area contributed by atoms with Crippen LogP contribution in [0.3, 0.4) is 0 Å². The van der Waals surface area contributed by atoms with E-state index in [9.17, 15) is 13.2 Å². The van der Waals surface area contributed by atoms with Crippen molar-refractivity contribution in [3.05, 3.63) is 76.1 Å². The highest BCUT2D eigenvalue weighted by molar-refractivity contribution is 14.1. The molecule has 26 heavy (non-hydrogen) atoms. The van der Waals surface area contributed by atoms with E-state index in [1.165, 1.54) is 36.7 Å². The fraction of sp³-hybridized carbons (Fsp3) is 0. The molecular formula is C17H13IN4O3S. The van der Waals surface area contributed by atoms with Crippen LogP contribution in [-0.4, -0.2) is 24.3 Å². The van der Waals surface area contributed by atoms with Crippen molar-refractivity contribution in [2.24, 2.45) is 0 Å². The molecule has 0 bridgehead atoms. The van der Waals surface area contributed by atoms with Crippen molar-refractivity contribution in [2.75, 3.05) is 10.0 Å². The molecule has 9 heteroatoms. The van der Waals surface area contributed by atoms with Gasteiger partial charge in [-0.15, -0.1) is 0 Å². The van der Waals surface area contributed by atoms with Gasteiger partial charge < -0.3 is 5.32 Å². The standard InChI is InChI=1S/C17H13IN4O3S/c18-13-4-2-12(3-5-13)16(23)21-14-6-8-15(9-7-14)26(24,25)22-17-19-10-1-11-20-17/h1-11H,(H,21,23)(H,19,20,22). The minimum Gasteiger partial charge on any atom is -0.322 e. The summed E-state index contributed by atoms with van der Waals surface area (Å²) in [6.45, 7) is 0. The number of hydrogen-bond donors (Lipinski definition) is 2. The van der Waals surface area contributed by atoms with Crippen LogP contribution in [0.1, 0.15) is 10.4 Å². The maximum atomic E-state index is 12.3. The summed E-state index contributed by atoms with van der Waals surface area (Å²) in [4.78, 5) is 19.9. The van der Waals surface area contributed by atoms with Gasteiger partial charge in [-0.3, -0.25) is 4.79 Å². The summed E-state index contributed by atoms with van der Waals surface area (Å²) in [5.41, 5.74) is 1.01. The molecular weight excluding hydrogens is 467 g/mol. The third-order valence-electron chi connectivity index (χ3n) is 3.32. The number of benzene rings is 2. The fourth-order valence-corrected chi connectivity index (χ4v) is 3.37. The Morgan fingerprint density at radius 3 is 2.15 bits per heavy atom. The summed E-state index contributed by atoms with van der Waals surface area (Å²) in [7, 11) is -3.80. The van der Waals surface area contributed by atoms with Crippen molar-refractivity contribution in [2.45, 2.75) is 4.90 Å². The van der Waals surface area contributed by atoms with Crippen molar-refractivity contribution < 1.29 is 13.2 Å². The molecule has 0 atom stereocenters. The van der Waals surface area contributed by atoms with E-state index in [1.807, 2.05) is 12.1 Å². The number of sulfonamides is 1. The van der Waals surface area contributed by atoms with E-state index < -0.39 is 10.0 Å². The number of halogens is 1. The summed E-state index contributed by atoms with van der Waals surface area (Å²) >= 11 is 2.16. The van der Waals surface area contributed by atoms with Crippen molar-refractivity contribution >= 4 is 50.2 Å². The van der Waals surface area contributed by atoms with Gasteiger partial charge in [-0.05, 0) is 77.2 Å². The topological polar surface area (TPSA) is 101 Å². The molecule has 132 valence electrons. The van der Waals surface area contributed by atoms with E-state index in [-0.39, 0.29) is 16.8 Å². The zero-order valence-electron chi connectivity index (χ0n) is 13.3. The molecule has 7 nitrogen and oxygen atoms in total. The lowest BCUT2D eigenvalue weighted by Gasteiger charge is -2.08. The smallest absolute Gasteiger partial charge is 0.264 e. The first-order valence-electron chi connectivity index (χ1n) is 7.41. The Morgan fingerprint density at radius 2 is 1.54 bits per heavy atom. The van der Waals surface area contributed by atoms with Crippen LogP contribution in [0.2, 0.25) is 0 Å². The SMILES string of the molecule is O=C(Nc1ccc(S(=O)(=O)Nc2ncccn2)cc1)c1ccc(I)cc1. The molecule has 0 spiro atoms. The Morgan fingerprint density at radius 1 is 0.923 bits per heavy atom. The predicted octanol–water partition coefficient (Wildman–Crippen LogP) is 3.13. The molecule has 1 amide bonds.